The van der Waals surface area contributed by atoms with Crippen LogP contribution in [0.15, 0.2) is 81.9 Å². The van der Waals surface area contributed by atoms with E-state index in [1.165, 1.54) is 17.7 Å². The van der Waals surface area contributed by atoms with Crippen LogP contribution in [0.2, 0.25) is 0 Å². The van der Waals surface area contributed by atoms with Gasteiger partial charge in [-0.3, -0.25) is 0 Å². The third-order valence-electron chi connectivity index (χ3n) is 4.76. The van der Waals surface area contributed by atoms with Crippen molar-refractivity contribution in [3.63, 3.8) is 0 Å². The number of benzene rings is 3. The summed E-state index contributed by atoms with van der Waals surface area (Å²) in [5, 5.41) is 0. The summed E-state index contributed by atoms with van der Waals surface area (Å²) >= 11 is 3.51. The molecule has 32 heavy (non-hydrogen) atoms. The highest BCUT2D eigenvalue weighted by Crippen LogP contribution is 2.37. The number of hydrogen-bond donors (Lipinski definition) is 0. The first-order valence-corrected chi connectivity index (χ1v) is 10.7. The van der Waals surface area contributed by atoms with E-state index in [1.807, 2.05) is 30.3 Å². The molecule has 0 saturated heterocycles. The fraction of sp³-hybridized carbons (Fsp3) is 0.120. The quantitative estimate of drug-likeness (QED) is 0.318. The number of ether oxygens (including phenoxy) is 3. The first-order chi connectivity index (χ1) is 15.5. The zero-order chi connectivity index (χ0) is 22.5. The Hall–Kier alpha value is -3.45. The lowest BCUT2D eigenvalue weighted by atomic mass is 10.1. The van der Waals surface area contributed by atoms with Crippen LogP contribution in [0.3, 0.4) is 0 Å². The first-order valence-electron chi connectivity index (χ1n) is 9.87. The first kappa shape index (κ1) is 21.8. The monoisotopic (exact) mass is 495 g/mol. The minimum Gasteiger partial charge on any atom is -0.493 e. The van der Waals surface area contributed by atoms with Crippen LogP contribution in [0.5, 0.6) is 11.5 Å². The van der Waals surface area contributed by atoms with Crippen LogP contribution >= 0.6 is 15.9 Å². The van der Waals surface area contributed by atoms with E-state index >= 15 is 0 Å². The Bertz CT molecular complexity index is 1210. The molecule has 0 fully saturated rings. The van der Waals surface area contributed by atoms with Gasteiger partial charge in [-0.1, -0.05) is 42.5 Å². The van der Waals surface area contributed by atoms with Gasteiger partial charge in [0.15, 0.2) is 17.2 Å². The molecular weight excluding hydrogens is 477 g/mol. The van der Waals surface area contributed by atoms with Gasteiger partial charge in [0.25, 0.3) is 0 Å². The van der Waals surface area contributed by atoms with Crippen LogP contribution in [-0.2, 0) is 16.0 Å². The maximum absolute atomic E-state index is 14.0. The molecule has 0 bridgehead atoms. The Kier molecular flexibility index (Phi) is 6.66. The zero-order valence-electron chi connectivity index (χ0n) is 17.2. The van der Waals surface area contributed by atoms with E-state index in [9.17, 15) is 9.18 Å². The van der Waals surface area contributed by atoms with E-state index in [-0.39, 0.29) is 17.2 Å². The predicted molar refractivity (Wildman–Crippen MR) is 123 cm³/mol. The number of esters is 1. The highest BCUT2D eigenvalue weighted by atomic mass is 79.9. The number of halogens is 2. The summed E-state index contributed by atoms with van der Waals surface area (Å²) in [7, 11) is 1.54. The van der Waals surface area contributed by atoms with Crippen molar-refractivity contribution in [1.29, 1.82) is 0 Å². The van der Waals surface area contributed by atoms with Gasteiger partial charge in [0.1, 0.15) is 5.82 Å². The van der Waals surface area contributed by atoms with E-state index in [4.69, 9.17) is 14.2 Å². The van der Waals surface area contributed by atoms with Gasteiger partial charge in [-0.25, -0.2) is 14.2 Å². The molecule has 0 saturated carbocycles. The lowest BCUT2D eigenvalue weighted by Gasteiger charge is -2.13. The van der Waals surface area contributed by atoms with Gasteiger partial charge in [-0.2, -0.15) is 0 Å². The topological polar surface area (TPSA) is 57.1 Å². The normalized spacial score (nSPS) is 14.3. The number of methoxy groups -OCH3 is 1. The molecule has 0 atom stereocenters. The van der Waals surface area contributed by atoms with Crippen LogP contribution in [0.25, 0.3) is 6.08 Å². The van der Waals surface area contributed by atoms with Gasteiger partial charge < -0.3 is 14.2 Å². The van der Waals surface area contributed by atoms with Crippen molar-refractivity contribution >= 4 is 33.9 Å². The largest absolute Gasteiger partial charge is 0.493 e. The molecule has 1 heterocycles. The fourth-order valence-electron chi connectivity index (χ4n) is 3.20. The fourth-order valence-corrected chi connectivity index (χ4v) is 3.77. The molecule has 3 aromatic rings. The smallest absolute Gasteiger partial charge is 0.363 e. The van der Waals surface area contributed by atoms with Gasteiger partial charge in [0.2, 0.25) is 5.90 Å². The lowest BCUT2D eigenvalue weighted by molar-refractivity contribution is -0.129. The summed E-state index contributed by atoms with van der Waals surface area (Å²) in [5.41, 5.74) is 2.02. The van der Waals surface area contributed by atoms with Crippen molar-refractivity contribution < 1.29 is 23.4 Å². The molecule has 0 radical (unpaired) electrons. The van der Waals surface area contributed by atoms with Crippen molar-refractivity contribution in [3.05, 3.63) is 99.4 Å². The highest BCUT2D eigenvalue weighted by Gasteiger charge is 2.26. The second-order valence-electron chi connectivity index (χ2n) is 6.93. The molecule has 4 rings (SSSR count). The van der Waals surface area contributed by atoms with E-state index in [1.54, 1.807) is 37.5 Å². The Morgan fingerprint density at radius 1 is 1.09 bits per heavy atom. The van der Waals surface area contributed by atoms with Gasteiger partial charge in [-0.05, 0) is 57.4 Å². The van der Waals surface area contributed by atoms with Crippen molar-refractivity contribution in [2.75, 3.05) is 13.7 Å². The van der Waals surface area contributed by atoms with Crippen LogP contribution in [-0.4, -0.2) is 25.6 Å². The average Bonchev–Trinajstić information content (AvgIpc) is 3.15. The van der Waals surface area contributed by atoms with E-state index < -0.39 is 11.8 Å². The number of rotatable bonds is 7. The summed E-state index contributed by atoms with van der Waals surface area (Å²) in [5.74, 6) is -0.159. The molecule has 1 aliphatic heterocycles. The summed E-state index contributed by atoms with van der Waals surface area (Å²) in [6.45, 7) is 0.474. The number of nitrogens with zero attached hydrogens (tertiary/aromatic N) is 1. The molecular formula is C25H19BrFNO4. The lowest BCUT2D eigenvalue weighted by Crippen LogP contribution is -2.07. The summed E-state index contributed by atoms with van der Waals surface area (Å²) < 4.78 is 31.2. The number of carbonyl (C=O) groups excluding carboxylic acids is 1. The molecule has 0 aromatic heterocycles. The molecule has 0 N–H and O–H groups in total. The molecule has 1 aliphatic rings. The molecule has 3 aromatic carbocycles. The van der Waals surface area contributed by atoms with E-state index in [0.29, 0.717) is 28.1 Å². The minimum absolute atomic E-state index is 0.0637. The standard InChI is InChI=1S/C25H19BrFNO4/c1-30-22-15-17(13-19(26)23(22)31-12-11-16-7-3-2-4-8-16)14-21-25(29)32-24(28-21)18-9-5-6-10-20(18)27/h2-10,13-15H,11-12H2,1H3/b21-14-. The molecule has 7 heteroatoms. The third-order valence-corrected chi connectivity index (χ3v) is 5.35. The number of carbonyl (C=O) groups is 1. The maximum atomic E-state index is 14.0. The molecule has 162 valence electrons. The highest BCUT2D eigenvalue weighted by molar-refractivity contribution is 9.10. The molecule has 0 spiro atoms. The summed E-state index contributed by atoms with van der Waals surface area (Å²) in [6.07, 6.45) is 2.30. The van der Waals surface area contributed by atoms with Crippen LogP contribution in [0.1, 0.15) is 16.7 Å². The predicted octanol–water partition coefficient (Wildman–Crippen LogP) is 5.56. The van der Waals surface area contributed by atoms with Gasteiger partial charge in [-0.15, -0.1) is 0 Å². The second kappa shape index (κ2) is 9.78. The number of hydrogen-bond acceptors (Lipinski definition) is 5. The molecule has 0 unspecified atom stereocenters. The Labute approximate surface area is 193 Å². The summed E-state index contributed by atoms with van der Waals surface area (Å²) in [6, 6.07) is 19.6. The second-order valence-corrected chi connectivity index (χ2v) is 7.79. The third kappa shape index (κ3) is 4.89. The van der Waals surface area contributed by atoms with Crippen LogP contribution in [0, 0.1) is 5.82 Å². The van der Waals surface area contributed by atoms with Gasteiger partial charge in [0.05, 0.1) is 23.8 Å². The Morgan fingerprint density at radius 2 is 1.84 bits per heavy atom. The summed E-state index contributed by atoms with van der Waals surface area (Å²) in [4.78, 5) is 16.4. The van der Waals surface area contributed by atoms with Crippen molar-refractivity contribution in [3.8, 4) is 11.5 Å². The number of aliphatic imine (C=N–C) groups is 1. The van der Waals surface area contributed by atoms with Gasteiger partial charge >= 0.3 is 5.97 Å². The van der Waals surface area contributed by atoms with E-state index in [0.717, 1.165) is 6.42 Å². The Morgan fingerprint density at radius 3 is 2.59 bits per heavy atom. The molecule has 0 aliphatic carbocycles. The van der Waals surface area contributed by atoms with E-state index in [2.05, 4.69) is 20.9 Å². The van der Waals surface area contributed by atoms with Crippen LogP contribution in [0.4, 0.5) is 4.39 Å². The zero-order valence-corrected chi connectivity index (χ0v) is 18.8. The van der Waals surface area contributed by atoms with Crippen molar-refractivity contribution in [1.82, 2.24) is 0 Å². The van der Waals surface area contributed by atoms with Crippen molar-refractivity contribution in [2.24, 2.45) is 4.99 Å². The van der Waals surface area contributed by atoms with Crippen LogP contribution < -0.4 is 9.47 Å². The number of cyclic esters (lactones) is 1. The molecule has 5 nitrogen and oxygen atoms in total. The minimum atomic E-state index is -0.651. The van der Waals surface area contributed by atoms with Gasteiger partial charge in [0, 0.05) is 6.42 Å². The molecule has 0 amide bonds. The SMILES string of the molecule is COc1cc(/C=C2\N=C(c3ccccc3F)OC2=O)cc(Br)c1OCCc1ccccc1. The van der Waals surface area contributed by atoms with Crippen molar-refractivity contribution in [2.45, 2.75) is 6.42 Å². The maximum Gasteiger partial charge on any atom is 0.363 e. The Balaban J connectivity index is 1.55. The average molecular weight is 496 g/mol.